The molecular weight excluding hydrogens is 338 g/mol. The fourth-order valence-electron chi connectivity index (χ4n) is 4.65. The van der Waals surface area contributed by atoms with Crippen molar-refractivity contribution in [2.45, 2.75) is 64.0 Å². The van der Waals surface area contributed by atoms with Crippen molar-refractivity contribution in [3.05, 3.63) is 30.1 Å². The molecule has 0 unspecified atom stereocenters. The number of hydrogen-bond acceptors (Lipinski definition) is 4. The second-order valence-corrected chi connectivity index (χ2v) is 8.17. The van der Waals surface area contributed by atoms with Crippen molar-refractivity contribution in [3.8, 4) is 0 Å². The molecule has 0 aromatic carbocycles. The van der Waals surface area contributed by atoms with Crippen LogP contribution in [0.3, 0.4) is 0 Å². The first kappa shape index (κ1) is 20.3. The second kappa shape index (κ2) is 10.8. The molecule has 1 saturated heterocycles. The quantitative estimate of drug-likeness (QED) is 0.700. The Morgan fingerprint density at radius 2 is 2.11 bits per heavy atom. The Kier molecular flexibility index (Phi) is 8.09. The van der Waals surface area contributed by atoms with Crippen molar-refractivity contribution in [3.63, 3.8) is 0 Å². The highest BCUT2D eigenvalue weighted by atomic mass is 16.5. The average Bonchev–Trinajstić information content (AvgIpc) is 2.73. The summed E-state index contributed by atoms with van der Waals surface area (Å²) in [5, 5.41) is 0. The number of amides is 1. The lowest BCUT2D eigenvalue weighted by Crippen LogP contribution is -2.47. The van der Waals surface area contributed by atoms with Crippen LogP contribution in [0.15, 0.2) is 24.5 Å². The lowest BCUT2D eigenvalue weighted by atomic mass is 9.90. The summed E-state index contributed by atoms with van der Waals surface area (Å²) in [6.07, 6.45) is 13.5. The van der Waals surface area contributed by atoms with Crippen LogP contribution in [0.5, 0.6) is 0 Å². The third-order valence-electron chi connectivity index (χ3n) is 6.09. The highest BCUT2D eigenvalue weighted by molar-refractivity contribution is 5.76. The number of likely N-dealkylation sites (tertiary alicyclic amines) is 1. The van der Waals surface area contributed by atoms with Crippen LogP contribution in [0.4, 0.5) is 0 Å². The number of rotatable bonds is 8. The molecule has 0 bridgehead atoms. The molecule has 1 aromatic rings. The van der Waals surface area contributed by atoms with Crippen LogP contribution >= 0.6 is 0 Å². The van der Waals surface area contributed by atoms with E-state index in [1.54, 1.807) is 13.3 Å². The topological polar surface area (TPSA) is 45.7 Å². The molecule has 1 aliphatic heterocycles. The van der Waals surface area contributed by atoms with Gasteiger partial charge in [0.05, 0.1) is 13.0 Å². The first-order valence-electron chi connectivity index (χ1n) is 10.7. The molecule has 5 nitrogen and oxygen atoms in total. The Bertz CT molecular complexity index is 560. The molecular formula is C22H35N3O2. The number of carbonyl (C=O) groups excluding carboxylic acids is 1. The van der Waals surface area contributed by atoms with E-state index in [1.165, 1.54) is 51.5 Å². The number of pyridine rings is 1. The van der Waals surface area contributed by atoms with Gasteiger partial charge in [-0.2, -0.15) is 0 Å². The normalized spacial score (nSPS) is 21.9. The standard InChI is InChI=1S/C22H35N3O2/c1-27-14-11-22(26)25(16-19-7-5-12-23-15-19)18-20-8-6-13-24(17-20)21-9-3-2-4-10-21/h5,7,12,15,20-21H,2-4,6,8-11,13-14,16-18H2,1H3/t20-/m1/s1. The third kappa shape index (κ3) is 6.28. The summed E-state index contributed by atoms with van der Waals surface area (Å²) < 4.78 is 5.13. The number of piperidine rings is 1. The van der Waals surface area contributed by atoms with Crippen molar-refractivity contribution >= 4 is 5.91 Å². The highest BCUT2D eigenvalue weighted by Crippen LogP contribution is 2.27. The lowest BCUT2D eigenvalue weighted by Gasteiger charge is -2.41. The van der Waals surface area contributed by atoms with Crippen molar-refractivity contribution in [2.75, 3.05) is 33.4 Å². The van der Waals surface area contributed by atoms with Crippen LogP contribution in [0.2, 0.25) is 0 Å². The molecule has 0 spiro atoms. The van der Waals surface area contributed by atoms with Crippen molar-refractivity contribution < 1.29 is 9.53 Å². The molecule has 2 fully saturated rings. The molecule has 2 aliphatic rings. The van der Waals surface area contributed by atoms with Gasteiger partial charge in [-0.25, -0.2) is 0 Å². The average molecular weight is 374 g/mol. The zero-order chi connectivity index (χ0) is 18.9. The minimum Gasteiger partial charge on any atom is -0.384 e. The molecule has 3 rings (SSSR count). The predicted octanol–water partition coefficient (Wildman–Crippen LogP) is 3.49. The van der Waals surface area contributed by atoms with E-state index in [0.29, 0.717) is 25.5 Å². The first-order chi connectivity index (χ1) is 13.3. The molecule has 1 amide bonds. The largest absolute Gasteiger partial charge is 0.384 e. The Morgan fingerprint density at radius 1 is 1.26 bits per heavy atom. The first-order valence-corrected chi connectivity index (χ1v) is 10.7. The zero-order valence-electron chi connectivity index (χ0n) is 16.8. The SMILES string of the molecule is COCCC(=O)N(Cc1cccnc1)C[C@@H]1CCCN(C2CCCCC2)C1. The van der Waals surface area contributed by atoms with Gasteiger partial charge in [-0.15, -0.1) is 0 Å². The van der Waals surface area contributed by atoms with Crippen molar-refractivity contribution in [1.29, 1.82) is 0 Å². The summed E-state index contributed by atoms with van der Waals surface area (Å²) in [6.45, 7) is 4.37. The number of hydrogen-bond donors (Lipinski definition) is 0. The molecule has 1 saturated carbocycles. The molecule has 0 radical (unpaired) electrons. The van der Waals surface area contributed by atoms with Crippen LogP contribution in [-0.4, -0.2) is 60.1 Å². The van der Waals surface area contributed by atoms with E-state index in [2.05, 4.69) is 16.0 Å². The molecule has 1 aliphatic carbocycles. The number of methoxy groups -OCH3 is 1. The van der Waals surface area contributed by atoms with E-state index in [1.807, 2.05) is 17.2 Å². The maximum Gasteiger partial charge on any atom is 0.225 e. The second-order valence-electron chi connectivity index (χ2n) is 8.17. The Labute approximate surface area is 164 Å². The number of carbonyl (C=O) groups is 1. The summed E-state index contributed by atoms with van der Waals surface area (Å²) in [7, 11) is 1.65. The predicted molar refractivity (Wildman–Crippen MR) is 107 cm³/mol. The van der Waals surface area contributed by atoms with Crippen molar-refractivity contribution in [1.82, 2.24) is 14.8 Å². The van der Waals surface area contributed by atoms with E-state index < -0.39 is 0 Å². The minimum absolute atomic E-state index is 0.190. The van der Waals surface area contributed by atoms with Gasteiger partial charge in [0.15, 0.2) is 0 Å². The lowest BCUT2D eigenvalue weighted by molar-refractivity contribution is -0.133. The van der Waals surface area contributed by atoms with Gasteiger partial charge in [0.1, 0.15) is 0 Å². The summed E-state index contributed by atoms with van der Waals surface area (Å²) in [5.41, 5.74) is 1.10. The Balaban J connectivity index is 1.60. The van der Waals surface area contributed by atoms with Crippen molar-refractivity contribution in [2.24, 2.45) is 5.92 Å². The molecule has 2 heterocycles. The van der Waals surface area contributed by atoms with Gasteiger partial charge in [0.25, 0.3) is 0 Å². The maximum atomic E-state index is 12.8. The van der Waals surface area contributed by atoms with Crippen LogP contribution in [0.1, 0.15) is 56.9 Å². The van der Waals surface area contributed by atoms with Gasteiger partial charge in [-0.1, -0.05) is 25.3 Å². The van der Waals surface area contributed by atoms with Crippen LogP contribution in [0, 0.1) is 5.92 Å². The minimum atomic E-state index is 0.190. The monoisotopic (exact) mass is 373 g/mol. The molecule has 150 valence electrons. The highest BCUT2D eigenvalue weighted by Gasteiger charge is 2.29. The Morgan fingerprint density at radius 3 is 2.85 bits per heavy atom. The third-order valence-corrected chi connectivity index (χ3v) is 6.09. The van der Waals surface area contributed by atoms with Gasteiger partial charge >= 0.3 is 0 Å². The molecule has 1 atom stereocenters. The summed E-state index contributed by atoms with van der Waals surface area (Å²) >= 11 is 0. The molecule has 0 N–H and O–H groups in total. The van der Waals surface area contributed by atoms with Crippen LogP contribution in [0.25, 0.3) is 0 Å². The molecule has 5 heteroatoms. The molecule has 27 heavy (non-hydrogen) atoms. The maximum absolute atomic E-state index is 12.8. The van der Waals surface area contributed by atoms with Crippen LogP contribution in [-0.2, 0) is 16.1 Å². The van der Waals surface area contributed by atoms with E-state index in [0.717, 1.165) is 24.7 Å². The number of aromatic nitrogens is 1. The fourth-order valence-corrected chi connectivity index (χ4v) is 4.65. The van der Waals surface area contributed by atoms with Gasteiger partial charge in [-0.3, -0.25) is 9.78 Å². The van der Waals surface area contributed by atoms with Gasteiger partial charge in [-0.05, 0) is 49.8 Å². The van der Waals surface area contributed by atoms with Gasteiger partial charge < -0.3 is 14.5 Å². The smallest absolute Gasteiger partial charge is 0.225 e. The molecule has 1 aromatic heterocycles. The summed E-state index contributed by atoms with van der Waals surface area (Å²) in [6, 6.07) is 4.77. The zero-order valence-corrected chi connectivity index (χ0v) is 16.8. The Hall–Kier alpha value is -1.46. The summed E-state index contributed by atoms with van der Waals surface area (Å²) in [4.78, 5) is 21.7. The van der Waals surface area contributed by atoms with Crippen LogP contribution < -0.4 is 0 Å². The van der Waals surface area contributed by atoms with Gasteiger partial charge in [0.2, 0.25) is 5.91 Å². The number of ether oxygens (including phenoxy) is 1. The number of nitrogens with zero attached hydrogens (tertiary/aromatic N) is 3. The van der Waals surface area contributed by atoms with E-state index in [4.69, 9.17) is 4.74 Å². The van der Waals surface area contributed by atoms with Gasteiger partial charge in [0, 0.05) is 45.2 Å². The van der Waals surface area contributed by atoms with E-state index in [-0.39, 0.29) is 5.91 Å². The fraction of sp³-hybridized carbons (Fsp3) is 0.727. The van der Waals surface area contributed by atoms with E-state index >= 15 is 0 Å². The summed E-state index contributed by atoms with van der Waals surface area (Å²) in [5.74, 6) is 0.763. The van der Waals surface area contributed by atoms with E-state index in [9.17, 15) is 4.79 Å².